The van der Waals surface area contributed by atoms with E-state index in [0.29, 0.717) is 11.5 Å². The van der Waals surface area contributed by atoms with Crippen LogP contribution in [0.15, 0.2) is 11.1 Å². The SMILES string of the molecule is C/C(C(=O)O)=C1/CCCC(C)C1. The number of carboxylic acids is 1. The van der Waals surface area contributed by atoms with E-state index in [-0.39, 0.29) is 0 Å². The molecular weight excluding hydrogens is 152 g/mol. The zero-order chi connectivity index (χ0) is 9.14. The lowest BCUT2D eigenvalue weighted by Gasteiger charge is -2.21. The monoisotopic (exact) mass is 168 g/mol. The quantitative estimate of drug-likeness (QED) is 0.611. The van der Waals surface area contributed by atoms with Gasteiger partial charge in [0, 0.05) is 5.57 Å². The summed E-state index contributed by atoms with van der Waals surface area (Å²) >= 11 is 0. The highest BCUT2D eigenvalue weighted by molar-refractivity contribution is 5.86. The third-order valence-corrected chi connectivity index (χ3v) is 2.62. The number of hydrogen-bond acceptors (Lipinski definition) is 1. The summed E-state index contributed by atoms with van der Waals surface area (Å²) in [6, 6.07) is 0. The van der Waals surface area contributed by atoms with Gasteiger partial charge in [0.15, 0.2) is 0 Å². The van der Waals surface area contributed by atoms with Gasteiger partial charge in [0.2, 0.25) is 0 Å². The highest BCUT2D eigenvalue weighted by Gasteiger charge is 2.16. The van der Waals surface area contributed by atoms with Gasteiger partial charge >= 0.3 is 5.97 Å². The van der Waals surface area contributed by atoms with Gasteiger partial charge in [-0.25, -0.2) is 4.79 Å². The minimum absolute atomic E-state index is 0.571. The molecule has 1 aliphatic carbocycles. The second-order valence-electron chi connectivity index (χ2n) is 3.74. The summed E-state index contributed by atoms with van der Waals surface area (Å²) in [6.07, 6.45) is 4.37. The Labute approximate surface area is 73.3 Å². The molecule has 1 saturated carbocycles. The van der Waals surface area contributed by atoms with Crippen LogP contribution in [0, 0.1) is 5.92 Å². The first kappa shape index (κ1) is 9.30. The topological polar surface area (TPSA) is 37.3 Å². The van der Waals surface area contributed by atoms with Crippen LogP contribution in [0.4, 0.5) is 0 Å². The third kappa shape index (κ3) is 2.10. The molecule has 0 aromatic rings. The second-order valence-corrected chi connectivity index (χ2v) is 3.74. The summed E-state index contributed by atoms with van der Waals surface area (Å²) in [6.45, 7) is 3.91. The third-order valence-electron chi connectivity index (χ3n) is 2.62. The van der Waals surface area contributed by atoms with E-state index in [2.05, 4.69) is 6.92 Å². The van der Waals surface area contributed by atoms with Crippen molar-refractivity contribution in [3.63, 3.8) is 0 Å². The Morgan fingerprint density at radius 3 is 2.75 bits per heavy atom. The molecule has 1 N–H and O–H groups in total. The Hall–Kier alpha value is -0.790. The lowest BCUT2D eigenvalue weighted by atomic mass is 9.84. The minimum Gasteiger partial charge on any atom is -0.478 e. The van der Waals surface area contributed by atoms with Crippen LogP contribution < -0.4 is 0 Å². The van der Waals surface area contributed by atoms with Gasteiger partial charge in [-0.15, -0.1) is 0 Å². The Balaban J connectivity index is 2.72. The molecule has 0 bridgehead atoms. The maximum Gasteiger partial charge on any atom is 0.331 e. The van der Waals surface area contributed by atoms with E-state index in [1.807, 2.05) is 0 Å². The van der Waals surface area contributed by atoms with Crippen LogP contribution in [0.25, 0.3) is 0 Å². The first-order chi connectivity index (χ1) is 5.61. The highest BCUT2D eigenvalue weighted by Crippen LogP contribution is 2.29. The van der Waals surface area contributed by atoms with E-state index in [1.54, 1.807) is 6.92 Å². The molecule has 0 aromatic carbocycles. The van der Waals surface area contributed by atoms with E-state index in [4.69, 9.17) is 5.11 Å². The van der Waals surface area contributed by atoms with E-state index >= 15 is 0 Å². The second kappa shape index (κ2) is 3.74. The first-order valence-corrected chi connectivity index (χ1v) is 4.53. The molecule has 12 heavy (non-hydrogen) atoms. The molecular formula is C10H16O2. The van der Waals surface area contributed by atoms with Crippen molar-refractivity contribution in [3.8, 4) is 0 Å². The Bertz CT molecular complexity index is 216. The van der Waals surface area contributed by atoms with Gasteiger partial charge in [-0.05, 0) is 32.1 Å². The fourth-order valence-electron chi connectivity index (χ4n) is 1.78. The fourth-order valence-corrected chi connectivity index (χ4v) is 1.78. The molecule has 68 valence electrons. The Morgan fingerprint density at radius 2 is 2.25 bits per heavy atom. The van der Waals surface area contributed by atoms with E-state index in [9.17, 15) is 4.79 Å². The van der Waals surface area contributed by atoms with Crippen LogP contribution in [0.5, 0.6) is 0 Å². The summed E-state index contributed by atoms with van der Waals surface area (Å²) in [5.74, 6) is -0.0813. The van der Waals surface area contributed by atoms with Crippen molar-refractivity contribution in [2.24, 2.45) is 5.92 Å². The average Bonchev–Trinajstić information content (AvgIpc) is 2.03. The van der Waals surface area contributed by atoms with E-state index in [0.717, 1.165) is 24.8 Å². The van der Waals surface area contributed by atoms with Crippen LogP contribution >= 0.6 is 0 Å². The van der Waals surface area contributed by atoms with Gasteiger partial charge in [-0.3, -0.25) is 0 Å². The number of allylic oxidation sites excluding steroid dienone is 1. The molecule has 0 radical (unpaired) electrons. The van der Waals surface area contributed by atoms with Crippen molar-refractivity contribution < 1.29 is 9.90 Å². The van der Waals surface area contributed by atoms with Gasteiger partial charge in [0.05, 0.1) is 0 Å². The lowest BCUT2D eigenvalue weighted by molar-refractivity contribution is -0.132. The van der Waals surface area contributed by atoms with Gasteiger partial charge in [-0.1, -0.05) is 18.9 Å². The van der Waals surface area contributed by atoms with Gasteiger partial charge < -0.3 is 5.11 Å². The maximum absolute atomic E-state index is 10.6. The molecule has 0 aromatic heterocycles. The van der Waals surface area contributed by atoms with Crippen molar-refractivity contribution in [1.82, 2.24) is 0 Å². The summed E-state index contributed by atoms with van der Waals surface area (Å²) in [7, 11) is 0. The first-order valence-electron chi connectivity index (χ1n) is 4.53. The summed E-state index contributed by atoms with van der Waals surface area (Å²) in [4.78, 5) is 10.6. The van der Waals surface area contributed by atoms with Crippen molar-refractivity contribution >= 4 is 5.97 Å². The molecule has 0 heterocycles. The molecule has 1 atom stereocenters. The maximum atomic E-state index is 10.6. The molecule has 1 unspecified atom stereocenters. The highest BCUT2D eigenvalue weighted by atomic mass is 16.4. The van der Waals surface area contributed by atoms with Crippen molar-refractivity contribution in [2.45, 2.75) is 39.5 Å². The zero-order valence-corrected chi connectivity index (χ0v) is 7.76. The molecule has 0 aliphatic heterocycles. The molecule has 0 amide bonds. The summed E-state index contributed by atoms with van der Waals surface area (Å²) < 4.78 is 0. The largest absolute Gasteiger partial charge is 0.478 e. The number of aliphatic carboxylic acids is 1. The molecule has 0 saturated heterocycles. The molecule has 1 rings (SSSR count). The predicted octanol–water partition coefficient (Wildman–Crippen LogP) is 2.60. The van der Waals surface area contributed by atoms with Crippen LogP contribution in [-0.4, -0.2) is 11.1 Å². The lowest BCUT2D eigenvalue weighted by Crippen LogP contribution is -2.09. The number of carbonyl (C=O) groups is 1. The number of rotatable bonds is 1. The van der Waals surface area contributed by atoms with Gasteiger partial charge in [0.1, 0.15) is 0 Å². The van der Waals surface area contributed by atoms with Crippen LogP contribution in [0.3, 0.4) is 0 Å². The van der Waals surface area contributed by atoms with Crippen molar-refractivity contribution in [2.75, 3.05) is 0 Å². The van der Waals surface area contributed by atoms with Gasteiger partial charge in [0.25, 0.3) is 0 Å². The predicted molar refractivity (Wildman–Crippen MR) is 48.0 cm³/mol. The standard InChI is InChI=1S/C10H16O2/c1-7-4-3-5-9(6-7)8(2)10(11)12/h7H,3-6H2,1-2H3,(H,11,12)/b9-8+. The molecule has 0 spiro atoms. The average molecular weight is 168 g/mol. The summed E-state index contributed by atoms with van der Waals surface area (Å²) in [5, 5.41) is 8.76. The molecule has 2 nitrogen and oxygen atoms in total. The fraction of sp³-hybridized carbons (Fsp3) is 0.700. The van der Waals surface area contributed by atoms with Crippen molar-refractivity contribution in [3.05, 3.63) is 11.1 Å². The minimum atomic E-state index is -0.751. The zero-order valence-electron chi connectivity index (χ0n) is 7.76. The molecule has 2 heteroatoms. The van der Waals surface area contributed by atoms with Crippen molar-refractivity contribution in [1.29, 1.82) is 0 Å². The van der Waals surface area contributed by atoms with Crippen LogP contribution in [-0.2, 0) is 4.79 Å². The smallest absolute Gasteiger partial charge is 0.331 e. The van der Waals surface area contributed by atoms with Crippen LogP contribution in [0.2, 0.25) is 0 Å². The molecule has 1 fully saturated rings. The van der Waals surface area contributed by atoms with Crippen LogP contribution in [0.1, 0.15) is 39.5 Å². The number of hydrogen-bond donors (Lipinski definition) is 1. The Morgan fingerprint density at radius 1 is 1.58 bits per heavy atom. The summed E-state index contributed by atoms with van der Waals surface area (Å²) in [5.41, 5.74) is 1.72. The normalized spacial score (nSPS) is 28.3. The molecule has 1 aliphatic rings. The van der Waals surface area contributed by atoms with E-state index in [1.165, 1.54) is 6.42 Å². The van der Waals surface area contributed by atoms with Gasteiger partial charge in [-0.2, -0.15) is 0 Å². The van der Waals surface area contributed by atoms with E-state index < -0.39 is 5.97 Å². The number of carboxylic acid groups (broad SMARTS) is 1. The Kier molecular flexibility index (Phi) is 2.90.